The standard InChI is InChI=1S/C22H18ClF7N6O2/c1-9-2-10(15-4-12(22(28,29)30)18-19(31)32-8-33-36(15)18)3-11(17(9)23)20(38)34-14-7-35(6-13(14)24)16(37)5-21(25,26)27/h2-4,8,13-14H,5-7H2,1H3,(H,34,38)(H2,31,32,33)/t13-,14+/m0/s1. The number of aromatic nitrogens is 3. The molecule has 0 spiro atoms. The summed E-state index contributed by atoms with van der Waals surface area (Å²) in [6.45, 7) is 0.328. The fourth-order valence-corrected chi connectivity index (χ4v) is 4.40. The average Bonchev–Trinajstić information content (AvgIpc) is 3.36. The maximum Gasteiger partial charge on any atom is 0.418 e. The molecule has 1 aliphatic heterocycles. The molecule has 2 atom stereocenters. The van der Waals surface area contributed by atoms with E-state index in [0.717, 1.165) is 16.9 Å². The number of aryl methyl sites for hydroxylation is 1. The van der Waals surface area contributed by atoms with Crippen molar-refractivity contribution in [1.82, 2.24) is 24.8 Å². The molecule has 3 N–H and O–H groups in total. The Hall–Kier alpha value is -3.62. The van der Waals surface area contributed by atoms with E-state index in [1.807, 2.05) is 0 Å². The van der Waals surface area contributed by atoms with Crippen LogP contribution in [0.15, 0.2) is 24.5 Å². The quantitative estimate of drug-likeness (QED) is 0.461. The van der Waals surface area contributed by atoms with Crippen LogP contribution in [0.3, 0.4) is 0 Å². The van der Waals surface area contributed by atoms with E-state index in [2.05, 4.69) is 15.4 Å². The van der Waals surface area contributed by atoms with Crippen LogP contribution in [0.1, 0.15) is 27.9 Å². The Kier molecular flexibility index (Phi) is 6.93. The van der Waals surface area contributed by atoms with E-state index in [1.165, 1.54) is 19.1 Å². The van der Waals surface area contributed by atoms with Gasteiger partial charge in [0, 0.05) is 12.1 Å². The topological polar surface area (TPSA) is 106 Å². The van der Waals surface area contributed by atoms with Crippen molar-refractivity contribution in [2.45, 2.75) is 37.9 Å². The Morgan fingerprint density at radius 3 is 2.47 bits per heavy atom. The van der Waals surface area contributed by atoms with Crippen molar-refractivity contribution < 1.29 is 40.3 Å². The Morgan fingerprint density at radius 1 is 1.16 bits per heavy atom. The number of nitrogens with zero attached hydrogens (tertiary/aromatic N) is 4. The number of benzene rings is 1. The van der Waals surface area contributed by atoms with E-state index in [9.17, 15) is 40.3 Å². The van der Waals surface area contributed by atoms with Gasteiger partial charge in [0.1, 0.15) is 24.4 Å². The Bertz CT molecular complexity index is 1420. The molecule has 2 amide bonds. The Morgan fingerprint density at radius 2 is 1.84 bits per heavy atom. The van der Waals surface area contributed by atoms with Gasteiger partial charge in [-0.2, -0.15) is 31.4 Å². The lowest BCUT2D eigenvalue weighted by Crippen LogP contribution is -2.42. The summed E-state index contributed by atoms with van der Waals surface area (Å²) in [5.74, 6) is -2.71. The van der Waals surface area contributed by atoms with Gasteiger partial charge in [-0.15, -0.1) is 0 Å². The number of likely N-dealkylation sites (tertiary alicyclic amines) is 1. The highest BCUT2D eigenvalue weighted by atomic mass is 35.5. The molecule has 2 aromatic heterocycles. The number of amides is 2. The third-order valence-corrected chi connectivity index (χ3v) is 6.45. The van der Waals surface area contributed by atoms with Crippen LogP contribution in [-0.2, 0) is 11.0 Å². The molecule has 0 aliphatic carbocycles. The SMILES string of the molecule is Cc1cc(-c2cc(C(F)(F)F)c3c(N)ncnn23)cc(C(=O)N[C@@H]2CN(C(=O)CC(F)(F)F)C[C@@H]2F)c1Cl. The van der Waals surface area contributed by atoms with Crippen LogP contribution >= 0.6 is 11.6 Å². The van der Waals surface area contributed by atoms with Crippen LogP contribution in [0.25, 0.3) is 16.8 Å². The molecule has 1 saturated heterocycles. The zero-order valence-corrected chi connectivity index (χ0v) is 20.0. The number of alkyl halides is 7. The van der Waals surface area contributed by atoms with Gasteiger partial charge in [0.15, 0.2) is 5.82 Å². The first-order valence-electron chi connectivity index (χ1n) is 10.9. The normalized spacial score (nSPS) is 18.3. The zero-order chi connectivity index (χ0) is 28.2. The van der Waals surface area contributed by atoms with Gasteiger partial charge in [0.2, 0.25) is 5.91 Å². The molecule has 4 rings (SSSR count). The lowest BCUT2D eigenvalue weighted by molar-refractivity contribution is -0.160. The smallest absolute Gasteiger partial charge is 0.382 e. The van der Waals surface area contributed by atoms with Gasteiger partial charge in [-0.05, 0) is 30.7 Å². The van der Waals surface area contributed by atoms with Crippen LogP contribution in [-0.4, -0.2) is 62.8 Å². The van der Waals surface area contributed by atoms with Gasteiger partial charge in [0.05, 0.1) is 34.4 Å². The first kappa shape index (κ1) is 27.4. The summed E-state index contributed by atoms with van der Waals surface area (Å²) in [7, 11) is 0. The molecule has 16 heteroatoms. The molecule has 204 valence electrons. The summed E-state index contributed by atoms with van der Waals surface area (Å²) in [6, 6.07) is 2.02. The number of nitrogens with two attached hydrogens (primary N) is 1. The van der Waals surface area contributed by atoms with Crippen molar-refractivity contribution in [2.75, 3.05) is 18.8 Å². The van der Waals surface area contributed by atoms with Gasteiger partial charge >= 0.3 is 12.4 Å². The van der Waals surface area contributed by atoms with Crippen molar-refractivity contribution >= 4 is 34.7 Å². The molecule has 38 heavy (non-hydrogen) atoms. The monoisotopic (exact) mass is 566 g/mol. The molecule has 1 aliphatic rings. The molecular formula is C22H18ClF7N6O2. The highest BCUT2D eigenvalue weighted by Gasteiger charge is 2.41. The highest BCUT2D eigenvalue weighted by molar-refractivity contribution is 6.34. The van der Waals surface area contributed by atoms with E-state index < -0.39 is 72.8 Å². The molecule has 3 heterocycles. The van der Waals surface area contributed by atoms with Crippen molar-refractivity contribution in [3.63, 3.8) is 0 Å². The number of nitrogen functional groups attached to an aromatic ring is 1. The summed E-state index contributed by atoms with van der Waals surface area (Å²) >= 11 is 6.27. The van der Waals surface area contributed by atoms with Gasteiger partial charge in [-0.3, -0.25) is 9.59 Å². The summed E-state index contributed by atoms with van der Waals surface area (Å²) in [6.07, 6.45) is -12.3. The van der Waals surface area contributed by atoms with Crippen LogP contribution in [0.5, 0.6) is 0 Å². The second-order valence-corrected chi connectivity index (χ2v) is 9.07. The largest absolute Gasteiger partial charge is 0.418 e. The van der Waals surface area contributed by atoms with Crippen LogP contribution in [0, 0.1) is 6.92 Å². The summed E-state index contributed by atoms with van der Waals surface area (Å²) < 4.78 is 94.0. The minimum Gasteiger partial charge on any atom is -0.382 e. The van der Waals surface area contributed by atoms with Gasteiger partial charge < -0.3 is 16.0 Å². The second-order valence-electron chi connectivity index (χ2n) is 8.69. The van der Waals surface area contributed by atoms with E-state index in [4.69, 9.17) is 17.3 Å². The third kappa shape index (κ3) is 5.33. The molecule has 0 radical (unpaired) electrons. The molecule has 1 fully saturated rings. The van der Waals surface area contributed by atoms with E-state index >= 15 is 0 Å². The van der Waals surface area contributed by atoms with Crippen molar-refractivity contribution in [3.8, 4) is 11.3 Å². The fourth-order valence-electron chi connectivity index (χ4n) is 4.21. The van der Waals surface area contributed by atoms with Crippen molar-refractivity contribution in [2.24, 2.45) is 0 Å². The number of anilines is 1. The van der Waals surface area contributed by atoms with E-state index in [0.29, 0.717) is 4.90 Å². The molecule has 0 saturated carbocycles. The number of rotatable bonds is 4. The summed E-state index contributed by atoms with van der Waals surface area (Å²) in [5, 5.41) is 6.07. The minimum atomic E-state index is -4.81. The molecule has 3 aromatic rings. The molecule has 0 bridgehead atoms. The first-order valence-corrected chi connectivity index (χ1v) is 11.2. The first-order chi connectivity index (χ1) is 17.6. The number of hydrogen-bond acceptors (Lipinski definition) is 5. The maximum absolute atomic E-state index is 14.5. The average molecular weight is 567 g/mol. The number of carbonyl (C=O) groups excluding carboxylic acids is 2. The molecular weight excluding hydrogens is 549 g/mol. The lowest BCUT2D eigenvalue weighted by Gasteiger charge is -2.18. The van der Waals surface area contributed by atoms with Crippen LogP contribution < -0.4 is 11.1 Å². The number of nitrogens with one attached hydrogen (secondary N) is 1. The van der Waals surface area contributed by atoms with E-state index in [1.54, 1.807) is 0 Å². The van der Waals surface area contributed by atoms with Crippen molar-refractivity contribution in [3.05, 3.63) is 46.2 Å². The van der Waals surface area contributed by atoms with Crippen LogP contribution in [0.4, 0.5) is 36.6 Å². The lowest BCUT2D eigenvalue weighted by atomic mass is 10.0. The molecule has 0 unspecified atom stereocenters. The summed E-state index contributed by atoms with van der Waals surface area (Å²) in [4.78, 5) is 29.1. The maximum atomic E-state index is 14.5. The second kappa shape index (κ2) is 9.60. The summed E-state index contributed by atoms with van der Waals surface area (Å²) in [5.41, 5.74) is 4.10. The third-order valence-electron chi connectivity index (χ3n) is 5.95. The predicted molar refractivity (Wildman–Crippen MR) is 121 cm³/mol. The number of hydrogen-bond donors (Lipinski definition) is 2. The molecule has 1 aromatic carbocycles. The van der Waals surface area contributed by atoms with Crippen LogP contribution in [0.2, 0.25) is 5.02 Å². The van der Waals surface area contributed by atoms with Gasteiger partial charge in [-0.1, -0.05) is 11.6 Å². The van der Waals surface area contributed by atoms with E-state index in [-0.39, 0.29) is 27.4 Å². The predicted octanol–water partition coefficient (Wildman–Crippen LogP) is 4.19. The number of carbonyl (C=O) groups is 2. The Balaban J connectivity index is 1.66. The zero-order valence-electron chi connectivity index (χ0n) is 19.3. The van der Waals surface area contributed by atoms with Gasteiger partial charge in [0.25, 0.3) is 5.91 Å². The van der Waals surface area contributed by atoms with Gasteiger partial charge in [-0.25, -0.2) is 13.9 Å². The Labute approximate surface area is 214 Å². The number of halogens is 8. The minimum absolute atomic E-state index is 0.0873. The van der Waals surface area contributed by atoms with Crippen molar-refractivity contribution in [1.29, 1.82) is 0 Å². The fraction of sp³-hybridized carbons (Fsp3) is 0.364. The number of fused-ring (bicyclic) bond motifs is 1. The highest BCUT2D eigenvalue weighted by Crippen LogP contribution is 2.39. The molecule has 8 nitrogen and oxygen atoms in total.